The van der Waals surface area contributed by atoms with Crippen LogP contribution in [0.3, 0.4) is 0 Å². The molecule has 0 heteroatoms. The molecule has 0 N–H and O–H groups in total. The van der Waals surface area contributed by atoms with E-state index in [4.69, 9.17) is 0 Å². The lowest BCUT2D eigenvalue weighted by Crippen LogP contribution is -1.81. The summed E-state index contributed by atoms with van der Waals surface area (Å²) in [5, 5.41) is 0. The zero-order valence-electron chi connectivity index (χ0n) is 11.2. The second-order valence-corrected chi connectivity index (χ2v) is 2.65. The minimum Gasteiger partial charge on any atom is -0.0961 e. The maximum absolute atomic E-state index is 3.87. The van der Waals surface area contributed by atoms with Gasteiger partial charge in [0.15, 0.2) is 0 Å². The van der Waals surface area contributed by atoms with Gasteiger partial charge >= 0.3 is 0 Å². The van der Waals surface area contributed by atoms with Crippen molar-refractivity contribution in [2.45, 2.75) is 62.3 Å². The second-order valence-electron chi connectivity index (χ2n) is 2.65. The SMILES string of the molecule is C.C=C(C)/C=C(/CC)C(=C)C.CC.CC. The van der Waals surface area contributed by atoms with E-state index < -0.39 is 0 Å². The first-order valence-corrected chi connectivity index (χ1v) is 5.60. The normalized spacial score (nSPS) is 8.33. The molecule has 0 rings (SSSR count). The standard InChI is InChI=1S/C10H16.2C2H6.CH4/c1-6-10(9(4)5)7-8(2)3;2*1-2;/h7H,2,4,6H2,1,3,5H3;2*1-2H3;1H4/b10-7-;;;. The highest BCUT2D eigenvalue weighted by Gasteiger charge is 1.92. The minimum atomic E-state index is 0. The van der Waals surface area contributed by atoms with Crippen molar-refractivity contribution in [2.24, 2.45) is 0 Å². The fraction of sp³-hybridized carbons (Fsp3) is 0.600. The maximum Gasteiger partial charge on any atom is -0.0305 e. The van der Waals surface area contributed by atoms with Crippen LogP contribution in [-0.4, -0.2) is 0 Å². The van der Waals surface area contributed by atoms with Crippen LogP contribution in [0, 0.1) is 0 Å². The minimum absolute atomic E-state index is 0. The monoisotopic (exact) mass is 212 g/mol. The number of allylic oxidation sites excluding steroid dienone is 4. The summed E-state index contributed by atoms with van der Waals surface area (Å²) in [7, 11) is 0. The van der Waals surface area contributed by atoms with Crippen molar-refractivity contribution in [3.8, 4) is 0 Å². The van der Waals surface area contributed by atoms with Crippen molar-refractivity contribution in [1.82, 2.24) is 0 Å². The summed E-state index contributed by atoms with van der Waals surface area (Å²) in [5.41, 5.74) is 3.54. The van der Waals surface area contributed by atoms with Crippen LogP contribution in [0.15, 0.2) is 36.0 Å². The van der Waals surface area contributed by atoms with E-state index >= 15 is 0 Å². The van der Waals surface area contributed by atoms with Crippen molar-refractivity contribution in [2.75, 3.05) is 0 Å². The molecule has 0 saturated heterocycles. The third-order valence-electron chi connectivity index (χ3n) is 1.35. The van der Waals surface area contributed by atoms with E-state index in [0.29, 0.717) is 0 Å². The zero-order valence-corrected chi connectivity index (χ0v) is 11.2. The number of rotatable bonds is 3. The van der Waals surface area contributed by atoms with E-state index in [1.165, 1.54) is 5.57 Å². The van der Waals surface area contributed by atoms with Crippen molar-refractivity contribution in [3.05, 3.63) is 36.0 Å². The molecule has 0 unspecified atom stereocenters. The molecule has 0 aromatic heterocycles. The maximum atomic E-state index is 3.87. The Kier molecular flexibility index (Phi) is 30.0. The van der Waals surface area contributed by atoms with Crippen LogP contribution in [0.5, 0.6) is 0 Å². The molecule has 0 radical (unpaired) electrons. The third kappa shape index (κ3) is 19.6. The van der Waals surface area contributed by atoms with Crippen molar-refractivity contribution in [1.29, 1.82) is 0 Å². The fourth-order valence-corrected chi connectivity index (χ4v) is 0.824. The first kappa shape index (κ1) is 23.8. The van der Waals surface area contributed by atoms with Crippen molar-refractivity contribution >= 4 is 0 Å². The van der Waals surface area contributed by atoms with Gasteiger partial charge in [0.1, 0.15) is 0 Å². The zero-order chi connectivity index (χ0) is 12.1. The lowest BCUT2D eigenvalue weighted by atomic mass is 10.0. The van der Waals surface area contributed by atoms with Crippen molar-refractivity contribution < 1.29 is 0 Å². The molecule has 92 valence electrons. The molecule has 0 saturated carbocycles. The third-order valence-corrected chi connectivity index (χ3v) is 1.35. The predicted molar refractivity (Wildman–Crippen MR) is 77.4 cm³/mol. The molecule has 15 heavy (non-hydrogen) atoms. The van der Waals surface area contributed by atoms with E-state index in [9.17, 15) is 0 Å². The first-order valence-electron chi connectivity index (χ1n) is 5.60. The molecule has 0 aliphatic heterocycles. The molecule has 0 spiro atoms. The topological polar surface area (TPSA) is 0 Å². The second kappa shape index (κ2) is 18.9. The molecule has 0 atom stereocenters. The molecule has 0 aromatic rings. The Morgan fingerprint density at radius 3 is 1.40 bits per heavy atom. The molecule has 0 heterocycles. The van der Waals surface area contributed by atoms with Crippen LogP contribution in [0.1, 0.15) is 62.3 Å². The molecule has 0 bridgehead atoms. The van der Waals surface area contributed by atoms with Crippen LogP contribution in [0.2, 0.25) is 0 Å². The Hall–Kier alpha value is -0.780. The highest BCUT2D eigenvalue weighted by Crippen LogP contribution is 2.12. The predicted octanol–water partition coefficient (Wildman–Crippen LogP) is 6.16. The molecular formula is C15H32. The van der Waals surface area contributed by atoms with Gasteiger partial charge in [-0.2, -0.15) is 0 Å². The van der Waals surface area contributed by atoms with Gasteiger partial charge in [-0.3, -0.25) is 0 Å². The Morgan fingerprint density at radius 1 is 1.00 bits per heavy atom. The average Bonchev–Trinajstić information content (AvgIpc) is 2.19. The fourth-order valence-electron chi connectivity index (χ4n) is 0.824. The molecule has 0 amide bonds. The van der Waals surface area contributed by atoms with Crippen LogP contribution in [0.25, 0.3) is 0 Å². The average molecular weight is 212 g/mol. The van der Waals surface area contributed by atoms with Gasteiger partial charge in [-0.1, -0.05) is 72.4 Å². The smallest absolute Gasteiger partial charge is 0.0305 e. The summed E-state index contributed by atoms with van der Waals surface area (Å²) in [4.78, 5) is 0. The molecular weight excluding hydrogens is 180 g/mol. The summed E-state index contributed by atoms with van der Waals surface area (Å²) < 4.78 is 0. The van der Waals surface area contributed by atoms with E-state index in [2.05, 4.69) is 26.2 Å². The van der Waals surface area contributed by atoms with Crippen LogP contribution in [0.4, 0.5) is 0 Å². The lowest BCUT2D eigenvalue weighted by Gasteiger charge is -2.01. The molecule has 0 nitrogen and oxygen atoms in total. The molecule has 0 aliphatic rings. The largest absolute Gasteiger partial charge is 0.0961 e. The van der Waals surface area contributed by atoms with Gasteiger partial charge in [-0.05, 0) is 25.8 Å². The van der Waals surface area contributed by atoms with E-state index in [0.717, 1.165) is 17.6 Å². The van der Waals surface area contributed by atoms with Gasteiger partial charge in [-0.15, -0.1) is 0 Å². The highest BCUT2D eigenvalue weighted by molar-refractivity contribution is 5.32. The number of hydrogen-bond donors (Lipinski definition) is 0. The molecule has 0 aliphatic carbocycles. The molecule has 0 fully saturated rings. The lowest BCUT2D eigenvalue weighted by molar-refractivity contribution is 1.10. The van der Waals surface area contributed by atoms with Gasteiger partial charge in [0.25, 0.3) is 0 Å². The summed E-state index contributed by atoms with van der Waals surface area (Å²) in [5.74, 6) is 0. The van der Waals surface area contributed by atoms with E-state index in [1.807, 2.05) is 41.5 Å². The van der Waals surface area contributed by atoms with Gasteiger partial charge in [0.2, 0.25) is 0 Å². The summed E-state index contributed by atoms with van der Waals surface area (Å²) in [6, 6.07) is 0. The van der Waals surface area contributed by atoms with Crippen LogP contribution in [-0.2, 0) is 0 Å². The summed E-state index contributed by atoms with van der Waals surface area (Å²) >= 11 is 0. The Balaban J connectivity index is -0.000000107. The van der Waals surface area contributed by atoms with E-state index in [-0.39, 0.29) is 7.43 Å². The highest BCUT2D eigenvalue weighted by atomic mass is 14.0. The first-order chi connectivity index (χ1) is 6.57. The summed E-state index contributed by atoms with van der Waals surface area (Å²) in [6.07, 6.45) is 3.13. The van der Waals surface area contributed by atoms with Gasteiger partial charge in [-0.25, -0.2) is 0 Å². The Bertz CT molecular complexity index is 170. The Labute approximate surface area is 98.8 Å². The van der Waals surface area contributed by atoms with Crippen molar-refractivity contribution in [3.63, 3.8) is 0 Å². The van der Waals surface area contributed by atoms with Gasteiger partial charge < -0.3 is 0 Å². The summed E-state index contributed by atoms with van der Waals surface area (Å²) in [6.45, 7) is 21.8. The molecule has 0 aromatic carbocycles. The van der Waals surface area contributed by atoms with Gasteiger partial charge in [0.05, 0.1) is 0 Å². The van der Waals surface area contributed by atoms with E-state index in [1.54, 1.807) is 0 Å². The Morgan fingerprint density at radius 2 is 1.33 bits per heavy atom. The quantitative estimate of drug-likeness (QED) is 0.491. The number of hydrogen-bond acceptors (Lipinski definition) is 0. The van der Waals surface area contributed by atoms with Crippen LogP contribution >= 0.6 is 0 Å². The van der Waals surface area contributed by atoms with Crippen LogP contribution < -0.4 is 0 Å². The van der Waals surface area contributed by atoms with Gasteiger partial charge in [0, 0.05) is 0 Å².